The minimum atomic E-state index is -3.25. The first kappa shape index (κ1) is 24.1. The number of benzene rings is 1. The van der Waals surface area contributed by atoms with Gasteiger partial charge in [0.25, 0.3) is 11.8 Å². The van der Waals surface area contributed by atoms with Crippen LogP contribution in [0.5, 0.6) is 0 Å². The molecule has 3 aromatic rings. The summed E-state index contributed by atoms with van der Waals surface area (Å²) in [6, 6.07) is 3.32. The molecule has 1 saturated heterocycles. The maximum Gasteiger partial charge on any atom is 0.277 e. The van der Waals surface area contributed by atoms with Crippen molar-refractivity contribution in [1.82, 2.24) is 14.8 Å². The van der Waals surface area contributed by atoms with E-state index in [0.29, 0.717) is 0 Å². The molecule has 8 nitrogen and oxygen atoms in total. The summed E-state index contributed by atoms with van der Waals surface area (Å²) in [5.74, 6) is -5.76. The van der Waals surface area contributed by atoms with Crippen LogP contribution in [0, 0.1) is 11.6 Å². The van der Waals surface area contributed by atoms with Gasteiger partial charge in [-0.1, -0.05) is 17.4 Å². The van der Waals surface area contributed by atoms with Crippen LogP contribution in [0.3, 0.4) is 0 Å². The van der Waals surface area contributed by atoms with E-state index in [4.69, 9.17) is 16.2 Å². The van der Waals surface area contributed by atoms with Gasteiger partial charge in [0.2, 0.25) is 0 Å². The molecule has 3 atom stereocenters. The number of hydrogen-bond donors (Lipinski definition) is 3. The lowest BCUT2D eigenvalue weighted by Crippen LogP contribution is -2.64. The Kier molecular flexibility index (Phi) is 5.90. The van der Waals surface area contributed by atoms with Gasteiger partial charge >= 0.3 is 0 Å². The summed E-state index contributed by atoms with van der Waals surface area (Å²) in [4.78, 5) is 16.9. The van der Waals surface area contributed by atoms with Gasteiger partial charge < -0.3 is 21.5 Å². The summed E-state index contributed by atoms with van der Waals surface area (Å²) >= 11 is 0.739. The van der Waals surface area contributed by atoms with E-state index in [0.717, 1.165) is 23.5 Å². The molecule has 182 valence electrons. The molecule has 0 radical (unpaired) electrons. The van der Waals surface area contributed by atoms with Crippen molar-refractivity contribution in [3.63, 3.8) is 0 Å². The number of hydrogen-bond acceptors (Lipinski definition) is 7. The van der Waals surface area contributed by atoms with E-state index in [1.807, 2.05) is 0 Å². The second kappa shape index (κ2) is 8.32. The standard InChI is InChI=1S/C21H22F4N6O2S/c1-9-20(2,27)21(24,25)7-13(33-9)16-12(8-28-31(16)3)29-18(32)15-17(26)34-19(30-15)14-10(22)5-4-6-11(14)23/h4-6,8-9,13H,7,26-27H2,1-3H3,(H,29,32). The molecular weight excluding hydrogens is 476 g/mol. The quantitative estimate of drug-likeness (QED) is 0.470. The topological polar surface area (TPSA) is 121 Å². The monoisotopic (exact) mass is 498 g/mol. The highest BCUT2D eigenvalue weighted by Gasteiger charge is 2.57. The fourth-order valence-electron chi connectivity index (χ4n) is 3.76. The van der Waals surface area contributed by atoms with Gasteiger partial charge in [-0.15, -0.1) is 0 Å². The van der Waals surface area contributed by atoms with Gasteiger partial charge in [0.05, 0.1) is 29.2 Å². The average Bonchev–Trinajstić information content (AvgIpc) is 3.28. The van der Waals surface area contributed by atoms with Gasteiger partial charge in [0.15, 0.2) is 5.69 Å². The van der Waals surface area contributed by atoms with E-state index < -0.39 is 53.2 Å². The molecule has 34 heavy (non-hydrogen) atoms. The highest BCUT2D eigenvalue weighted by molar-refractivity contribution is 7.19. The Morgan fingerprint density at radius 3 is 2.59 bits per heavy atom. The number of nitrogen functional groups attached to an aromatic ring is 1. The molecule has 4 rings (SSSR count). The number of ether oxygens (including phenoxy) is 1. The Labute approximate surface area is 195 Å². The van der Waals surface area contributed by atoms with E-state index in [9.17, 15) is 22.4 Å². The van der Waals surface area contributed by atoms with Crippen LogP contribution in [0.15, 0.2) is 24.4 Å². The molecule has 3 unspecified atom stereocenters. The van der Waals surface area contributed by atoms with Crippen LogP contribution in [0.1, 0.15) is 42.6 Å². The molecule has 1 aliphatic rings. The number of alkyl halides is 2. The summed E-state index contributed by atoms with van der Waals surface area (Å²) in [7, 11) is 1.52. The van der Waals surface area contributed by atoms with Crippen LogP contribution in [0.2, 0.25) is 0 Å². The number of nitrogens with two attached hydrogens (primary N) is 2. The third-order valence-corrected chi connectivity index (χ3v) is 6.93. The predicted molar refractivity (Wildman–Crippen MR) is 118 cm³/mol. The number of nitrogens with one attached hydrogen (secondary N) is 1. The first-order valence-electron chi connectivity index (χ1n) is 10.2. The molecule has 2 aromatic heterocycles. The maximum atomic E-state index is 14.7. The Morgan fingerprint density at radius 2 is 1.97 bits per heavy atom. The Balaban J connectivity index is 1.63. The lowest BCUT2D eigenvalue weighted by atomic mass is 9.82. The van der Waals surface area contributed by atoms with Crippen molar-refractivity contribution in [1.29, 1.82) is 0 Å². The van der Waals surface area contributed by atoms with E-state index >= 15 is 0 Å². The van der Waals surface area contributed by atoms with Crippen LogP contribution in [-0.4, -0.2) is 38.2 Å². The molecule has 0 saturated carbocycles. The van der Waals surface area contributed by atoms with Crippen LogP contribution < -0.4 is 16.8 Å². The smallest absolute Gasteiger partial charge is 0.277 e. The van der Waals surface area contributed by atoms with Crippen LogP contribution in [0.25, 0.3) is 10.6 Å². The van der Waals surface area contributed by atoms with E-state index in [1.54, 1.807) is 0 Å². The van der Waals surface area contributed by atoms with Crippen molar-refractivity contribution >= 4 is 27.9 Å². The molecule has 13 heteroatoms. The van der Waals surface area contributed by atoms with E-state index in [-0.39, 0.29) is 27.1 Å². The largest absolute Gasteiger partial charge is 0.389 e. The van der Waals surface area contributed by atoms with Gasteiger partial charge in [-0.3, -0.25) is 9.48 Å². The third kappa shape index (κ3) is 3.93. The van der Waals surface area contributed by atoms with Crippen LogP contribution in [0.4, 0.5) is 28.3 Å². The van der Waals surface area contributed by atoms with Gasteiger partial charge in [-0.2, -0.15) is 5.10 Å². The number of aromatic nitrogens is 3. The van der Waals surface area contributed by atoms with Crippen molar-refractivity contribution in [3.8, 4) is 10.6 Å². The summed E-state index contributed by atoms with van der Waals surface area (Å²) in [6.07, 6.45) is -1.55. The Morgan fingerprint density at radius 1 is 1.32 bits per heavy atom. The fourth-order valence-corrected chi connectivity index (χ4v) is 4.63. The maximum absolute atomic E-state index is 14.7. The van der Waals surface area contributed by atoms with Crippen molar-refractivity contribution in [2.24, 2.45) is 12.8 Å². The lowest BCUT2D eigenvalue weighted by Gasteiger charge is -2.46. The second-order valence-electron chi connectivity index (χ2n) is 8.31. The first-order valence-corrected chi connectivity index (χ1v) is 11.0. The molecule has 5 N–H and O–H groups in total. The zero-order valence-electron chi connectivity index (χ0n) is 18.4. The zero-order chi connectivity index (χ0) is 25.0. The summed E-state index contributed by atoms with van der Waals surface area (Å²) in [5.41, 5.74) is 9.44. The number of nitrogens with zero attached hydrogens (tertiary/aromatic N) is 3. The number of aryl methyl sites for hydroxylation is 1. The predicted octanol–water partition coefficient (Wildman–Crippen LogP) is 3.86. The number of thiazole rings is 1. The number of anilines is 2. The van der Waals surface area contributed by atoms with Gasteiger partial charge in [0, 0.05) is 13.5 Å². The van der Waals surface area contributed by atoms with Crippen molar-refractivity contribution in [2.45, 2.75) is 43.9 Å². The molecular formula is C21H22F4N6O2S. The molecule has 1 aromatic carbocycles. The minimum Gasteiger partial charge on any atom is -0.389 e. The summed E-state index contributed by atoms with van der Waals surface area (Å²) < 4.78 is 64.8. The van der Waals surface area contributed by atoms with Gasteiger partial charge in [-0.25, -0.2) is 22.5 Å². The number of carbonyl (C=O) groups is 1. The first-order chi connectivity index (χ1) is 15.8. The normalized spacial score (nSPS) is 24.2. The number of rotatable bonds is 4. The van der Waals surface area contributed by atoms with Crippen LogP contribution in [-0.2, 0) is 11.8 Å². The Bertz CT molecular complexity index is 1240. The van der Waals surface area contributed by atoms with Crippen molar-refractivity contribution < 1.29 is 27.1 Å². The third-order valence-electron chi connectivity index (χ3n) is 6.03. The molecule has 0 spiro atoms. The minimum absolute atomic E-state index is 0.0754. The SMILES string of the molecule is CC1OC(c2c(NC(=O)c3nc(-c4c(F)cccc4F)sc3N)cnn2C)CC(F)(F)C1(C)N. The fraction of sp³-hybridized carbons (Fsp3) is 0.381. The highest BCUT2D eigenvalue weighted by Crippen LogP contribution is 2.46. The summed E-state index contributed by atoms with van der Waals surface area (Å²) in [5, 5.41) is 6.39. The highest BCUT2D eigenvalue weighted by atomic mass is 32.1. The lowest BCUT2D eigenvalue weighted by molar-refractivity contribution is -0.211. The molecule has 0 aliphatic carbocycles. The van der Waals surface area contributed by atoms with Gasteiger partial charge in [-0.05, 0) is 26.0 Å². The van der Waals surface area contributed by atoms with Crippen molar-refractivity contribution in [3.05, 3.63) is 47.4 Å². The second-order valence-corrected chi connectivity index (χ2v) is 9.34. The zero-order valence-corrected chi connectivity index (χ0v) is 19.2. The molecule has 3 heterocycles. The van der Waals surface area contributed by atoms with Crippen molar-refractivity contribution in [2.75, 3.05) is 11.1 Å². The van der Waals surface area contributed by atoms with Crippen LogP contribution >= 0.6 is 11.3 Å². The number of halogens is 4. The molecule has 1 aliphatic heterocycles. The summed E-state index contributed by atoms with van der Waals surface area (Å²) in [6.45, 7) is 2.68. The van der Waals surface area contributed by atoms with E-state index in [2.05, 4.69) is 15.4 Å². The van der Waals surface area contributed by atoms with Gasteiger partial charge in [0.1, 0.15) is 33.3 Å². The molecule has 1 fully saturated rings. The number of amides is 1. The molecule has 0 bridgehead atoms. The van der Waals surface area contributed by atoms with E-state index in [1.165, 1.54) is 37.8 Å². The average molecular weight is 499 g/mol. The molecule has 1 amide bonds. The Hall–Kier alpha value is -3.03. The number of carbonyl (C=O) groups excluding carboxylic acids is 1.